The summed E-state index contributed by atoms with van der Waals surface area (Å²) in [6, 6.07) is -0.139. The number of amides is 1. The predicted octanol–water partition coefficient (Wildman–Crippen LogP) is 4.14. The Morgan fingerprint density at radius 2 is 1.59 bits per heavy atom. The molecule has 0 radical (unpaired) electrons. The number of hydrogen-bond donors (Lipinski definition) is 1. The number of unbranched alkanes of at least 4 members (excludes halogenated alkanes) is 7. The summed E-state index contributed by atoms with van der Waals surface area (Å²) < 4.78 is 5.32. The monoisotopic (exact) mass is 311 g/mol. The van der Waals surface area contributed by atoms with Crippen molar-refractivity contribution in [3.05, 3.63) is 12.7 Å². The van der Waals surface area contributed by atoms with E-state index in [4.69, 9.17) is 4.74 Å². The van der Waals surface area contributed by atoms with Crippen molar-refractivity contribution in [2.24, 2.45) is 0 Å². The molecule has 1 amide bonds. The normalized spacial score (nSPS) is 13.2. The first-order valence-corrected chi connectivity index (χ1v) is 8.52. The fraction of sp³-hybridized carbons (Fsp3) is 0.778. The van der Waals surface area contributed by atoms with Gasteiger partial charge in [-0.15, -0.1) is 6.58 Å². The van der Waals surface area contributed by atoms with E-state index in [1.54, 1.807) is 0 Å². The number of nitrogens with one attached hydrogen (secondary N) is 1. The second-order valence-corrected chi connectivity index (χ2v) is 5.98. The highest BCUT2D eigenvalue weighted by Gasteiger charge is 2.20. The van der Waals surface area contributed by atoms with Gasteiger partial charge >= 0.3 is 5.97 Å². The van der Waals surface area contributed by atoms with Crippen LogP contribution in [-0.4, -0.2) is 24.0 Å². The van der Waals surface area contributed by atoms with Gasteiger partial charge in [-0.05, 0) is 32.6 Å². The Morgan fingerprint density at radius 1 is 1.05 bits per heavy atom. The first-order valence-electron chi connectivity index (χ1n) is 8.52. The highest BCUT2D eigenvalue weighted by Crippen LogP contribution is 2.14. The molecule has 0 aliphatic heterocycles. The smallest absolute Gasteiger partial charge is 0.302 e. The highest BCUT2D eigenvalue weighted by atomic mass is 16.5. The van der Waals surface area contributed by atoms with Gasteiger partial charge in [-0.1, -0.05) is 38.2 Å². The number of hydrogen-bond acceptors (Lipinski definition) is 3. The van der Waals surface area contributed by atoms with E-state index in [2.05, 4.69) is 11.9 Å². The lowest BCUT2D eigenvalue weighted by atomic mass is 10.0. The van der Waals surface area contributed by atoms with Crippen molar-refractivity contribution in [2.75, 3.05) is 0 Å². The maximum atomic E-state index is 11.2. The zero-order valence-electron chi connectivity index (χ0n) is 14.5. The molecule has 0 rings (SSSR count). The Morgan fingerprint density at radius 3 is 2.09 bits per heavy atom. The fourth-order valence-electron chi connectivity index (χ4n) is 2.56. The molecule has 0 unspecified atom stereocenters. The number of esters is 1. The van der Waals surface area contributed by atoms with Crippen LogP contribution in [0.3, 0.4) is 0 Å². The van der Waals surface area contributed by atoms with Gasteiger partial charge in [0.15, 0.2) is 0 Å². The van der Waals surface area contributed by atoms with Crippen LogP contribution < -0.4 is 5.32 Å². The molecular weight excluding hydrogens is 278 g/mol. The summed E-state index contributed by atoms with van der Waals surface area (Å²) in [5.41, 5.74) is 0. The molecule has 0 fully saturated rings. The Hall–Kier alpha value is -1.32. The molecule has 0 aromatic carbocycles. The van der Waals surface area contributed by atoms with Gasteiger partial charge in [-0.3, -0.25) is 9.59 Å². The summed E-state index contributed by atoms with van der Waals surface area (Å²) >= 11 is 0. The number of carbonyl (C=O) groups is 2. The molecule has 0 saturated heterocycles. The van der Waals surface area contributed by atoms with Crippen LogP contribution in [-0.2, 0) is 14.3 Å². The zero-order valence-corrected chi connectivity index (χ0v) is 14.5. The average Bonchev–Trinajstić information content (AvgIpc) is 2.43. The summed E-state index contributed by atoms with van der Waals surface area (Å²) in [6.45, 7) is 8.50. The van der Waals surface area contributed by atoms with Crippen molar-refractivity contribution >= 4 is 11.9 Å². The van der Waals surface area contributed by atoms with Gasteiger partial charge in [0.2, 0.25) is 5.91 Å². The molecule has 22 heavy (non-hydrogen) atoms. The van der Waals surface area contributed by atoms with E-state index in [0.717, 1.165) is 25.7 Å². The first kappa shape index (κ1) is 20.7. The molecule has 0 aromatic heterocycles. The Balaban J connectivity index is 3.81. The van der Waals surface area contributed by atoms with E-state index < -0.39 is 0 Å². The molecule has 0 heterocycles. The molecule has 4 nitrogen and oxygen atoms in total. The topological polar surface area (TPSA) is 55.4 Å². The van der Waals surface area contributed by atoms with E-state index >= 15 is 0 Å². The van der Waals surface area contributed by atoms with Crippen molar-refractivity contribution in [2.45, 2.75) is 90.7 Å². The van der Waals surface area contributed by atoms with Gasteiger partial charge in [0, 0.05) is 13.8 Å². The molecule has 2 atom stereocenters. The lowest BCUT2D eigenvalue weighted by Crippen LogP contribution is -2.42. The van der Waals surface area contributed by atoms with Gasteiger partial charge in [0.25, 0.3) is 0 Å². The average molecular weight is 311 g/mol. The number of rotatable bonds is 13. The number of allylic oxidation sites excluding steroid dienone is 1. The van der Waals surface area contributed by atoms with Gasteiger partial charge in [-0.25, -0.2) is 0 Å². The maximum Gasteiger partial charge on any atom is 0.302 e. The van der Waals surface area contributed by atoms with Crippen LogP contribution in [0.5, 0.6) is 0 Å². The van der Waals surface area contributed by atoms with Crippen molar-refractivity contribution in [1.29, 1.82) is 0 Å². The number of ether oxygens (including phenoxy) is 1. The molecule has 128 valence electrons. The lowest BCUT2D eigenvalue weighted by Gasteiger charge is -2.24. The summed E-state index contributed by atoms with van der Waals surface area (Å²) in [7, 11) is 0. The van der Waals surface area contributed by atoms with Crippen LogP contribution in [0.2, 0.25) is 0 Å². The van der Waals surface area contributed by atoms with Crippen molar-refractivity contribution in [3.8, 4) is 0 Å². The van der Waals surface area contributed by atoms with E-state index in [0.29, 0.717) is 0 Å². The summed E-state index contributed by atoms with van der Waals surface area (Å²) in [4.78, 5) is 22.3. The Kier molecular flexibility index (Phi) is 12.5. The van der Waals surface area contributed by atoms with E-state index in [1.165, 1.54) is 46.0 Å². The van der Waals surface area contributed by atoms with Crippen LogP contribution >= 0.6 is 0 Å². The second-order valence-electron chi connectivity index (χ2n) is 5.98. The van der Waals surface area contributed by atoms with Crippen LogP contribution in [0.25, 0.3) is 0 Å². The molecular formula is C18H33NO3. The largest absolute Gasteiger partial charge is 0.460 e. The van der Waals surface area contributed by atoms with Crippen LogP contribution in [0.4, 0.5) is 0 Å². The highest BCUT2D eigenvalue weighted by molar-refractivity contribution is 5.73. The predicted molar refractivity (Wildman–Crippen MR) is 90.6 cm³/mol. The van der Waals surface area contributed by atoms with Crippen LogP contribution in [0, 0.1) is 0 Å². The minimum atomic E-state index is -0.288. The number of carbonyl (C=O) groups excluding carboxylic acids is 2. The SMILES string of the molecule is C=CCCCCCCCCC[C@@H](OC(C)=O)[C@H](C)NC(C)=O. The van der Waals surface area contributed by atoms with Crippen LogP contribution in [0.15, 0.2) is 12.7 Å². The standard InChI is InChI=1S/C18H33NO3/c1-5-6-7-8-9-10-11-12-13-14-18(22-17(4)21)15(2)19-16(3)20/h5,15,18H,1,6-14H2,2-4H3,(H,19,20)/t15-,18+/m0/s1. The second kappa shape index (κ2) is 13.4. The third kappa shape index (κ3) is 12.4. The molecule has 0 aromatic rings. The van der Waals surface area contributed by atoms with Gasteiger partial charge in [0.1, 0.15) is 6.10 Å². The van der Waals surface area contributed by atoms with E-state index in [-0.39, 0.29) is 24.0 Å². The Labute approximate surface area is 135 Å². The summed E-state index contributed by atoms with van der Waals surface area (Å²) in [6.07, 6.45) is 12.1. The van der Waals surface area contributed by atoms with Gasteiger partial charge in [0.05, 0.1) is 6.04 Å². The molecule has 0 spiro atoms. The first-order chi connectivity index (χ1) is 10.5. The van der Waals surface area contributed by atoms with Gasteiger partial charge in [-0.2, -0.15) is 0 Å². The van der Waals surface area contributed by atoms with Gasteiger partial charge < -0.3 is 10.1 Å². The minimum absolute atomic E-state index is 0.0934. The minimum Gasteiger partial charge on any atom is -0.460 e. The summed E-state index contributed by atoms with van der Waals surface area (Å²) in [5, 5.41) is 2.80. The zero-order chi connectivity index (χ0) is 16.8. The molecule has 0 saturated carbocycles. The Bertz CT molecular complexity index is 328. The molecule has 0 aliphatic carbocycles. The molecule has 1 N–H and O–H groups in total. The van der Waals surface area contributed by atoms with Crippen LogP contribution in [0.1, 0.15) is 78.6 Å². The van der Waals surface area contributed by atoms with Crippen molar-refractivity contribution in [1.82, 2.24) is 5.32 Å². The molecule has 0 bridgehead atoms. The quantitative estimate of drug-likeness (QED) is 0.316. The summed E-state index contributed by atoms with van der Waals surface area (Å²) in [5.74, 6) is -0.381. The molecule has 4 heteroatoms. The molecule has 0 aliphatic rings. The fourth-order valence-corrected chi connectivity index (χ4v) is 2.56. The van der Waals surface area contributed by atoms with E-state index in [9.17, 15) is 9.59 Å². The lowest BCUT2D eigenvalue weighted by molar-refractivity contribution is -0.148. The van der Waals surface area contributed by atoms with Crippen molar-refractivity contribution in [3.63, 3.8) is 0 Å². The maximum absolute atomic E-state index is 11.2. The third-order valence-corrected chi connectivity index (χ3v) is 3.70. The van der Waals surface area contributed by atoms with E-state index in [1.807, 2.05) is 13.0 Å². The van der Waals surface area contributed by atoms with Crippen molar-refractivity contribution < 1.29 is 14.3 Å². The third-order valence-electron chi connectivity index (χ3n) is 3.70.